The Balaban J connectivity index is 1.99. The summed E-state index contributed by atoms with van der Waals surface area (Å²) in [6, 6.07) is 13.4. The number of amides is 1. The molecule has 1 heterocycles. The van der Waals surface area contributed by atoms with Gasteiger partial charge in [-0.15, -0.1) is 0 Å². The summed E-state index contributed by atoms with van der Waals surface area (Å²) in [5, 5.41) is 11.2. The Bertz CT molecular complexity index is 1070. The molecule has 1 amide bonds. The van der Waals surface area contributed by atoms with Gasteiger partial charge in [0.15, 0.2) is 0 Å². The van der Waals surface area contributed by atoms with E-state index in [1.807, 2.05) is 19.1 Å². The first kappa shape index (κ1) is 27.0. The number of likely N-dealkylation sites (tertiary alicyclic amines) is 1. The van der Waals surface area contributed by atoms with Crippen LogP contribution in [0.3, 0.4) is 0 Å². The molecular weight excluding hydrogens is 456 g/mol. The lowest BCUT2D eigenvalue weighted by molar-refractivity contribution is -0.140. The highest BCUT2D eigenvalue weighted by molar-refractivity contribution is 6.46. The second-order valence-electron chi connectivity index (χ2n) is 8.50. The topological polar surface area (TPSA) is 79.3 Å². The van der Waals surface area contributed by atoms with E-state index in [4.69, 9.17) is 9.47 Å². The van der Waals surface area contributed by atoms with E-state index in [1.165, 1.54) is 0 Å². The molecule has 3 rings (SSSR count). The van der Waals surface area contributed by atoms with E-state index in [-0.39, 0.29) is 11.3 Å². The van der Waals surface area contributed by atoms with Crippen LogP contribution in [-0.4, -0.2) is 66.0 Å². The Morgan fingerprint density at radius 2 is 1.61 bits per heavy atom. The number of carbonyl (C=O) groups excluding carboxylic acids is 2. The molecule has 2 aromatic carbocycles. The summed E-state index contributed by atoms with van der Waals surface area (Å²) < 4.78 is 11.1. The van der Waals surface area contributed by atoms with Crippen molar-refractivity contribution in [2.75, 3.05) is 39.4 Å². The van der Waals surface area contributed by atoms with Crippen molar-refractivity contribution < 1.29 is 24.2 Å². The fraction of sp³-hybridized carbons (Fsp3) is 0.379. The van der Waals surface area contributed by atoms with E-state index in [2.05, 4.69) is 25.3 Å². The SMILES string of the molecule is C=CCOc1ccc(C2C(=C(O)c3ccc(OCC)cc3)C(=O)C(=O)N2CCCN(CC)CC)cc1. The Morgan fingerprint density at radius 1 is 1.00 bits per heavy atom. The maximum Gasteiger partial charge on any atom is 0.295 e. The molecule has 0 saturated carbocycles. The minimum Gasteiger partial charge on any atom is -0.507 e. The van der Waals surface area contributed by atoms with Gasteiger partial charge in [-0.1, -0.05) is 38.6 Å². The number of hydrogen-bond acceptors (Lipinski definition) is 6. The van der Waals surface area contributed by atoms with Gasteiger partial charge in [0.1, 0.15) is 23.9 Å². The van der Waals surface area contributed by atoms with Crippen molar-refractivity contribution in [2.45, 2.75) is 33.2 Å². The third kappa shape index (κ3) is 6.15. The minimum atomic E-state index is -0.693. The van der Waals surface area contributed by atoms with Crippen LogP contribution in [0.4, 0.5) is 0 Å². The number of aliphatic hydroxyl groups is 1. The average Bonchev–Trinajstić information content (AvgIpc) is 3.15. The quantitative estimate of drug-likeness (QED) is 0.187. The van der Waals surface area contributed by atoms with Crippen molar-refractivity contribution in [2.24, 2.45) is 0 Å². The summed E-state index contributed by atoms with van der Waals surface area (Å²) in [6.07, 6.45) is 2.38. The predicted molar refractivity (Wildman–Crippen MR) is 141 cm³/mol. The molecule has 1 saturated heterocycles. The molecule has 0 spiro atoms. The number of Topliss-reactive ketones (excluding diaryl/α,β-unsaturated/α-hetero) is 1. The Kier molecular flexibility index (Phi) is 9.70. The third-order valence-corrected chi connectivity index (χ3v) is 6.31. The smallest absolute Gasteiger partial charge is 0.295 e. The first-order valence-electron chi connectivity index (χ1n) is 12.5. The maximum absolute atomic E-state index is 13.2. The molecule has 0 aromatic heterocycles. The van der Waals surface area contributed by atoms with Crippen LogP contribution in [0, 0.1) is 0 Å². The second-order valence-corrected chi connectivity index (χ2v) is 8.50. The van der Waals surface area contributed by atoms with Crippen LogP contribution in [-0.2, 0) is 9.59 Å². The van der Waals surface area contributed by atoms with Gasteiger partial charge in [-0.3, -0.25) is 9.59 Å². The van der Waals surface area contributed by atoms with Gasteiger partial charge in [0.2, 0.25) is 0 Å². The Hall–Kier alpha value is -3.58. The van der Waals surface area contributed by atoms with Crippen molar-refractivity contribution in [3.63, 3.8) is 0 Å². The maximum atomic E-state index is 13.2. The normalized spacial score (nSPS) is 17.0. The van der Waals surface area contributed by atoms with Crippen LogP contribution < -0.4 is 9.47 Å². The molecule has 0 bridgehead atoms. The molecule has 1 N–H and O–H groups in total. The molecule has 36 heavy (non-hydrogen) atoms. The largest absolute Gasteiger partial charge is 0.507 e. The lowest BCUT2D eigenvalue weighted by Crippen LogP contribution is -2.33. The van der Waals surface area contributed by atoms with E-state index >= 15 is 0 Å². The van der Waals surface area contributed by atoms with Gasteiger partial charge in [-0.25, -0.2) is 0 Å². The van der Waals surface area contributed by atoms with Crippen LogP contribution in [0.25, 0.3) is 5.76 Å². The van der Waals surface area contributed by atoms with Crippen LogP contribution in [0.2, 0.25) is 0 Å². The number of hydrogen-bond donors (Lipinski definition) is 1. The highest BCUT2D eigenvalue weighted by Gasteiger charge is 2.45. The van der Waals surface area contributed by atoms with Crippen LogP contribution >= 0.6 is 0 Å². The Labute approximate surface area is 213 Å². The number of aliphatic hydroxyl groups excluding tert-OH is 1. The highest BCUT2D eigenvalue weighted by Crippen LogP contribution is 2.40. The summed E-state index contributed by atoms with van der Waals surface area (Å²) in [5.41, 5.74) is 1.28. The summed E-state index contributed by atoms with van der Waals surface area (Å²) in [6.45, 7) is 13.7. The molecule has 7 nitrogen and oxygen atoms in total. The summed E-state index contributed by atoms with van der Waals surface area (Å²) in [4.78, 5) is 30.2. The zero-order valence-corrected chi connectivity index (χ0v) is 21.4. The van der Waals surface area contributed by atoms with Gasteiger partial charge in [0.25, 0.3) is 11.7 Å². The summed E-state index contributed by atoms with van der Waals surface area (Å²) in [7, 11) is 0. The molecule has 1 aliphatic rings. The summed E-state index contributed by atoms with van der Waals surface area (Å²) >= 11 is 0. The number of ether oxygens (including phenoxy) is 2. The molecular formula is C29H36N2O5. The zero-order chi connectivity index (χ0) is 26.1. The van der Waals surface area contributed by atoms with Gasteiger partial charge in [-0.2, -0.15) is 0 Å². The monoisotopic (exact) mass is 492 g/mol. The van der Waals surface area contributed by atoms with E-state index < -0.39 is 17.7 Å². The fourth-order valence-electron chi connectivity index (χ4n) is 4.39. The molecule has 1 aliphatic heterocycles. The number of benzene rings is 2. The van der Waals surface area contributed by atoms with Crippen molar-refractivity contribution in [1.82, 2.24) is 9.80 Å². The molecule has 2 aromatic rings. The third-order valence-electron chi connectivity index (χ3n) is 6.31. The lowest BCUT2D eigenvalue weighted by Gasteiger charge is -2.27. The van der Waals surface area contributed by atoms with Gasteiger partial charge >= 0.3 is 0 Å². The number of nitrogens with zero attached hydrogens (tertiary/aromatic N) is 2. The lowest BCUT2D eigenvalue weighted by atomic mass is 9.95. The van der Waals surface area contributed by atoms with Gasteiger partial charge in [-0.05, 0) is 74.9 Å². The fourth-order valence-corrected chi connectivity index (χ4v) is 4.39. The van der Waals surface area contributed by atoms with E-state index in [9.17, 15) is 14.7 Å². The molecule has 1 unspecified atom stereocenters. The zero-order valence-electron chi connectivity index (χ0n) is 21.4. The number of carbonyl (C=O) groups is 2. The second kappa shape index (κ2) is 12.9. The van der Waals surface area contributed by atoms with Gasteiger partial charge < -0.3 is 24.4 Å². The van der Waals surface area contributed by atoms with Crippen LogP contribution in [0.15, 0.2) is 66.8 Å². The van der Waals surface area contributed by atoms with Crippen molar-refractivity contribution >= 4 is 17.4 Å². The van der Waals surface area contributed by atoms with Crippen LogP contribution in [0.1, 0.15) is 44.4 Å². The van der Waals surface area contributed by atoms with Crippen molar-refractivity contribution in [1.29, 1.82) is 0 Å². The molecule has 0 aliphatic carbocycles. The van der Waals surface area contributed by atoms with Gasteiger partial charge in [0, 0.05) is 12.1 Å². The first-order valence-corrected chi connectivity index (χ1v) is 12.5. The Morgan fingerprint density at radius 3 is 2.19 bits per heavy atom. The minimum absolute atomic E-state index is 0.0896. The molecule has 1 atom stereocenters. The molecule has 7 heteroatoms. The van der Waals surface area contributed by atoms with E-state index in [1.54, 1.807) is 47.4 Å². The summed E-state index contributed by atoms with van der Waals surface area (Å²) in [5.74, 6) is -0.152. The highest BCUT2D eigenvalue weighted by atomic mass is 16.5. The first-order chi connectivity index (χ1) is 17.4. The van der Waals surface area contributed by atoms with E-state index in [0.29, 0.717) is 36.8 Å². The predicted octanol–water partition coefficient (Wildman–Crippen LogP) is 4.80. The average molecular weight is 493 g/mol. The van der Waals surface area contributed by atoms with Crippen molar-refractivity contribution in [3.8, 4) is 11.5 Å². The number of ketones is 1. The van der Waals surface area contributed by atoms with Crippen LogP contribution in [0.5, 0.6) is 11.5 Å². The van der Waals surface area contributed by atoms with E-state index in [0.717, 1.165) is 31.6 Å². The number of rotatable bonds is 13. The van der Waals surface area contributed by atoms with Gasteiger partial charge in [0.05, 0.1) is 18.2 Å². The molecule has 0 radical (unpaired) electrons. The molecule has 1 fully saturated rings. The standard InChI is InChI=1S/C29H36N2O5/c1-5-20-36-24-14-10-21(11-15-24)26-25(27(32)22-12-16-23(17-13-22)35-8-4)28(33)29(34)31(26)19-9-18-30(6-2)7-3/h5,10-17,26,32H,1,6-9,18-20H2,2-4H3. The van der Waals surface area contributed by atoms with Crippen molar-refractivity contribution in [3.05, 3.63) is 77.9 Å². The molecule has 192 valence electrons.